The Morgan fingerprint density at radius 2 is 1.47 bits per heavy atom. The zero-order valence-electron chi connectivity index (χ0n) is 19.0. The van der Waals surface area contributed by atoms with Gasteiger partial charge in [0.1, 0.15) is 0 Å². The third-order valence-electron chi connectivity index (χ3n) is 5.09. The summed E-state index contributed by atoms with van der Waals surface area (Å²) in [5.41, 5.74) is 4.43. The van der Waals surface area contributed by atoms with Crippen molar-refractivity contribution in [3.63, 3.8) is 0 Å². The number of anilines is 2. The van der Waals surface area contributed by atoms with Crippen molar-refractivity contribution in [2.24, 2.45) is 0 Å². The normalized spacial score (nSPS) is 11.9. The predicted octanol–water partition coefficient (Wildman–Crippen LogP) is 7.97. The van der Waals surface area contributed by atoms with Gasteiger partial charge in [-0.3, -0.25) is 0 Å². The van der Waals surface area contributed by atoms with Crippen molar-refractivity contribution in [3.05, 3.63) is 127 Å². The molecule has 0 radical (unpaired) electrons. The van der Waals surface area contributed by atoms with Crippen molar-refractivity contribution < 1.29 is 13.2 Å². The molecule has 3 rings (SSSR count). The van der Waals surface area contributed by atoms with Crippen LogP contribution in [0, 0.1) is 0 Å². The topological polar surface area (TPSA) is 36.1 Å². The molecule has 0 aliphatic rings. The van der Waals surface area contributed by atoms with Gasteiger partial charge >= 0.3 is 6.18 Å². The molecule has 176 valence electrons. The van der Waals surface area contributed by atoms with Gasteiger partial charge in [-0.1, -0.05) is 68.3 Å². The Bertz CT molecular complexity index is 1170. The number of allylic oxidation sites excluding steroid dienone is 1. The first-order chi connectivity index (χ1) is 16.1. The van der Waals surface area contributed by atoms with Crippen molar-refractivity contribution in [2.75, 3.05) is 10.6 Å². The first-order valence-corrected chi connectivity index (χ1v) is 10.8. The lowest BCUT2D eigenvalue weighted by atomic mass is 10.0. The Kier molecular flexibility index (Phi) is 7.84. The van der Waals surface area contributed by atoms with E-state index in [9.17, 15) is 13.2 Å². The summed E-state index contributed by atoms with van der Waals surface area (Å²) in [6.45, 7) is 14.0. The second kappa shape index (κ2) is 10.8. The van der Waals surface area contributed by atoms with Crippen LogP contribution < -0.4 is 16.0 Å². The molecule has 34 heavy (non-hydrogen) atoms. The van der Waals surface area contributed by atoms with Crippen LogP contribution in [-0.2, 0) is 6.18 Å². The Balaban J connectivity index is 1.68. The highest BCUT2D eigenvalue weighted by molar-refractivity contribution is 5.77. The Labute approximate surface area is 198 Å². The molecule has 0 aliphatic heterocycles. The molecule has 0 fully saturated rings. The van der Waals surface area contributed by atoms with Crippen molar-refractivity contribution in [2.45, 2.75) is 25.6 Å². The summed E-state index contributed by atoms with van der Waals surface area (Å²) in [7, 11) is 0. The number of halogens is 3. The number of hydrogen-bond donors (Lipinski definition) is 3. The molecule has 1 unspecified atom stereocenters. The van der Waals surface area contributed by atoms with Gasteiger partial charge < -0.3 is 16.0 Å². The Morgan fingerprint density at radius 1 is 0.824 bits per heavy atom. The van der Waals surface area contributed by atoms with E-state index in [1.165, 1.54) is 6.07 Å². The zero-order valence-corrected chi connectivity index (χ0v) is 19.0. The van der Waals surface area contributed by atoms with Crippen LogP contribution in [0.5, 0.6) is 0 Å². The summed E-state index contributed by atoms with van der Waals surface area (Å²) in [6.07, 6.45) is -3.77. The third kappa shape index (κ3) is 7.04. The minimum Gasteiger partial charge on any atom is -0.382 e. The molecule has 0 aliphatic carbocycles. The molecule has 3 aromatic rings. The molecule has 0 spiro atoms. The van der Waals surface area contributed by atoms with Gasteiger partial charge in [-0.2, -0.15) is 13.2 Å². The lowest BCUT2D eigenvalue weighted by Crippen LogP contribution is -2.20. The molecule has 3 aromatic carbocycles. The quantitative estimate of drug-likeness (QED) is 0.285. The maximum Gasteiger partial charge on any atom is 0.416 e. The summed E-state index contributed by atoms with van der Waals surface area (Å²) in [5.74, 6) is 0. The first kappa shape index (κ1) is 24.7. The number of rotatable bonds is 10. The van der Waals surface area contributed by atoms with Crippen LogP contribution in [0.1, 0.15) is 36.1 Å². The Hall–Kier alpha value is -3.93. The van der Waals surface area contributed by atoms with Crippen molar-refractivity contribution in [1.82, 2.24) is 5.32 Å². The molecule has 3 N–H and O–H groups in total. The van der Waals surface area contributed by atoms with Gasteiger partial charge in [-0.25, -0.2) is 0 Å². The minimum absolute atomic E-state index is 0.0134. The summed E-state index contributed by atoms with van der Waals surface area (Å²) in [6, 6.07) is 22.6. The SMILES string of the molecule is C=C(C)NC(CC(=C)Nc1cccc(C(=C)Nc2cccc(C(F)(F)F)c2)c1)c1ccccc1. The lowest BCUT2D eigenvalue weighted by molar-refractivity contribution is -0.137. The average Bonchev–Trinajstić information content (AvgIpc) is 2.78. The van der Waals surface area contributed by atoms with Gasteiger partial charge in [0.15, 0.2) is 0 Å². The van der Waals surface area contributed by atoms with Crippen LogP contribution in [0.2, 0.25) is 0 Å². The fraction of sp³-hybridized carbons (Fsp3) is 0.143. The molecule has 0 saturated heterocycles. The van der Waals surface area contributed by atoms with Crippen LogP contribution in [0.25, 0.3) is 5.70 Å². The monoisotopic (exact) mass is 463 g/mol. The maximum atomic E-state index is 13.0. The van der Waals surface area contributed by atoms with E-state index in [1.807, 2.05) is 49.4 Å². The Morgan fingerprint density at radius 3 is 2.12 bits per heavy atom. The highest BCUT2D eigenvalue weighted by Gasteiger charge is 2.30. The fourth-order valence-electron chi connectivity index (χ4n) is 3.54. The van der Waals surface area contributed by atoms with Crippen LogP contribution in [0.15, 0.2) is 110 Å². The molecule has 0 bridgehead atoms. The third-order valence-corrected chi connectivity index (χ3v) is 5.09. The van der Waals surface area contributed by atoms with Gasteiger partial charge in [-0.05, 0) is 48.4 Å². The molecule has 3 nitrogen and oxygen atoms in total. The van der Waals surface area contributed by atoms with Crippen LogP contribution >= 0.6 is 0 Å². The first-order valence-electron chi connectivity index (χ1n) is 10.8. The van der Waals surface area contributed by atoms with E-state index in [4.69, 9.17) is 0 Å². The van der Waals surface area contributed by atoms with Gasteiger partial charge in [0.05, 0.1) is 11.6 Å². The summed E-state index contributed by atoms with van der Waals surface area (Å²) in [4.78, 5) is 0. The summed E-state index contributed by atoms with van der Waals surface area (Å²) in [5, 5.41) is 9.67. The highest BCUT2D eigenvalue weighted by atomic mass is 19.4. The molecular formula is C28H28F3N3. The van der Waals surface area contributed by atoms with Gasteiger partial charge in [0, 0.05) is 34.9 Å². The van der Waals surface area contributed by atoms with E-state index in [0.29, 0.717) is 17.8 Å². The lowest BCUT2D eigenvalue weighted by Gasteiger charge is -2.22. The minimum atomic E-state index is -4.40. The van der Waals surface area contributed by atoms with E-state index in [2.05, 4.69) is 47.8 Å². The molecule has 0 heterocycles. The second-order valence-corrected chi connectivity index (χ2v) is 8.08. The summed E-state index contributed by atoms with van der Waals surface area (Å²) >= 11 is 0. The van der Waals surface area contributed by atoms with Gasteiger partial charge in [0.25, 0.3) is 0 Å². The number of benzene rings is 3. The van der Waals surface area contributed by atoms with Crippen molar-refractivity contribution in [3.8, 4) is 0 Å². The standard InChI is InChI=1S/C28H28F3N3/c1-19(2)32-27(22-10-6-5-7-11-22)16-20(3)33-25-14-8-12-23(17-25)21(4)34-26-15-9-13-24(18-26)28(29,30)31/h5-15,17-18,27,32-34H,1,3-4,16H2,2H3. The maximum absolute atomic E-state index is 13.0. The second-order valence-electron chi connectivity index (χ2n) is 8.08. The van der Waals surface area contributed by atoms with E-state index in [1.54, 1.807) is 6.07 Å². The van der Waals surface area contributed by atoms with Crippen LogP contribution in [0.4, 0.5) is 24.5 Å². The highest BCUT2D eigenvalue weighted by Crippen LogP contribution is 2.31. The number of alkyl halides is 3. The van der Waals surface area contributed by atoms with E-state index < -0.39 is 11.7 Å². The molecule has 6 heteroatoms. The van der Waals surface area contributed by atoms with Gasteiger partial charge in [-0.15, -0.1) is 0 Å². The molecule has 1 atom stereocenters. The van der Waals surface area contributed by atoms with Crippen molar-refractivity contribution in [1.29, 1.82) is 0 Å². The number of hydrogen-bond acceptors (Lipinski definition) is 3. The van der Waals surface area contributed by atoms with E-state index >= 15 is 0 Å². The van der Waals surface area contributed by atoms with Crippen LogP contribution in [-0.4, -0.2) is 0 Å². The largest absolute Gasteiger partial charge is 0.416 e. The fourth-order valence-corrected chi connectivity index (χ4v) is 3.54. The molecule has 0 saturated carbocycles. The molecular weight excluding hydrogens is 435 g/mol. The van der Waals surface area contributed by atoms with Gasteiger partial charge in [0.2, 0.25) is 0 Å². The zero-order chi connectivity index (χ0) is 24.7. The predicted molar refractivity (Wildman–Crippen MR) is 135 cm³/mol. The molecule has 0 amide bonds. The molecule has 0 aromatic heterocycles. The summed E-state index contributed by atoms with van der Waals surface area (Å²) < 4.78 is 39.0. The number of nitrogens with one attached hydrogen (secondary N) is 3. The van der Waals surface area contributed by atoms with Crippen LogP contribution in [0.3, 0.4) is 0 Å². The van der Waals surface area contributed by atoms with E-state index in [-0.39, 0.29) is 6.04 Å². The smallest absolute Gasteiger partial charge is 0.382 e. The average molecular weight is 464 g/mol. The van der Waals surface area contributed by atoms with E-state index in [0.717, 1.165) is 40.3 Å². The van der Waals surface area contributed by atoms with Crippen molar-refractivity contribution >= 4 is 17.1 Å².